The van der Waals surface area contributed by atoms with Crippen LogP contribution in [0.25, 0.3) is 16.9 Å². The highest BCUT2D eigenvalue weighted by Crippen LogP contribution is 2.22. The van der Waals surface area contributed by atoms with Crippen molar-refractivity contribution < 1.29 is 4.79 Å². The van der Waals surface area contributed by atoms with Gasteiger partial charge in [-0.3, -0.25) is 9.20 Å². The maximum Gasteiger partial charge on any atom is 0.278 e. The monoisotopic (exact) mass is 420 g/mol. The summed E-state index contributed by atoms with van der Waals surface area (Å²) < 4.78 is 1.88. The molecule has 8 heteroatoms. The maximum absolute atomic E-state index is 13.0. The predicted molar refractivity (Wildman–Crippen MR) is 118 cm³/mol. The Kier molecular flexibility index (Phi) is 5.48. The van der Waals surface area contributed by atoms with E-state index in [0.717, 1.165) is 17.8 Å². The van der Waals surface area contributed by atoms with E-state index in [4.69, 9.17) is 11.6 Å². The highest BCUT2D eigenvalue weighted by atomic mass is 35.5. The number of amides is 1. The number of fused-ring (bicyclic) bond motifs is 1. The molecule has 3 heterocycles. The molecule has 1 aromatic carbocycles. The number of nitrogens with zero attached hydrogens (tertiary/aromatic N) is 6. The van der Waals surface area contributed by atoms with Crippen LogP contribution < -0.4 is 4.90 Å². The summed E-state index contributed by atoms with van der Waals surface area (Å²) >= 11 is 5.84. The fourth-order valence-electron chi connectivity index (χ4n) is 3.21. The van der Waals surface area contributed by atoms with Gasteiger partial charge in [0.05, 0.1) is 30.0 Å². The summed E-state index contributed by atoms with van der Waals surface area (Å²) in [6.45, 7) is 0.877. The summed E-state index contributed by atoms with van der Waals surface area (Å²) in [6, 6.07) is 11.7. The van der Waals surface area contributed by atoms with Crippen molar-refractivity contribution in [3.63, 3.8) is 0 Å². The maximum atomic E-state index is 13.0. The third kappa shape index (κ3) is 4.03. The predicted octanol–water partition coefficient (Wildman–Crippen LogP) is 3.78. The molecule has 0 fully saturated rings. The molecule has 0 saturated heterocycles. The minimum absolute atomic E-state index is 0.248. The molecule has 0 bridgehead atoms. The van der Waals surface area contributed by atoms with Gasteiger partial charge in [0.2, 0.25) is 0 Å². The van der Waals surface area contributed by atoms with Gasteiger partial charge in [-0.25, -0.2) is 15.0 Å². The van der Waals surface area contributed by atoms with Gasteiger partial charge in [-0.15, -0.1) is 0 Å². The van der Waals surface area contributed by atoms with Crippen LogP contribution in [0.3, 0.4) is 0 Å². The van der Waals surface area contributed by atoms with E-state index < -0.39 is 0 Å². The number of hydrogen-bond acceptors (Lipinski definition) is 5. The lowest BCUT2D eigenvalue weighted by atomic mass is 10.1. The number of hydrogen-bond donors (Lipinski definition) is 0. The van der Waals surface area contributed by atoms with Crippen LogP contribution >= 0.6 is 11.6 Å². The minimum atomic E-state index is -0.248. The first-order valence-corrected chi connectivity index (χ1v) is 9.77. The first kappa shape index (κ1) is 20.0. The van der Waals surface area contributed by atoms with E-state index in [9.17, 15) is 4.79 Å². The molecule has 0 saturated carbocycles. The van der Waals surface area contributed by atoms with Gasteiger partial charge < -0.3 is 9.80 Å². The lowest BCUT2D eigenvalue weighted by molar-refractivity contribution is 0.0987. The van der Waals surface area contributed by atoms with Crippen molar-refractivity contribution in [1.82, 2.24) is 24.3 Å². The standard InChI is InChI=1S/C22H21ClN6O/c1-27(2)13-15-4-6-16(7-5-15)19-11-26-21-12-24-18(14-29(19)21)22(30)28(3)17-8-9-20(23)25-10-17/h4-12,14H,13H2,1-3H3. The van der Waals surface area contributed by atoms with Crippen molar-refractivity contribution in [2.45, 2.75) is 6.54 Å². The number of pyridine rings is 1. The molecule has 0 aliphatic rings. The van der Waals surface area contributed by atoms with Crippen molar-refractivity contribution in [1.29, 1.82) is 0 Å². The molecule has 4 aromatic rings. The first-order chi connectivity index (χ1) is 14.4. The average Bonchev–Trinajstić information content (AvgIpc) is 3.16. The molecule has 0 aliphatic carbocycles. The van der Waals surface area contributed by atoms with Crippen molar-refractivity contribution in [2.75, 3.05) is 26.0 Å². The van der Waals surface area contributed by atoms with Gasteiger partial charge in [-0.05, 0) is 31.8 Å². The van der Waals surface area contributed by atoms with E-state index in [0.29, 0.717) is 22.2 Å². The van der Waals surface area contributed by atoms with Gasteiger partial charge in [0, 0.05) is 25.4 Å². The van der Waals surface area contributed by atoms with Crippen LogP contribution in [-0.4, -0.2) is 51.3 Å². The minimum Gasteiger partial charge on any atom is -0.309 e. The van der Waals surface area contributed by atoms with E-state index in [1.807, 2.05) is 18.5 Å². The SMILES string of the molecule is CN(C)Cc1ccc(-c2cnc3cnc(C(=O)N(C)c4ccc(Cl)nc4)cn23)cc1. The summed E-state index contributed by atoms with van der Waals surface area (Å²) in [7, 11) is 5.76. The Morgan fingerprint density at radius 2 is 1.73 bits per heavy atom. The molecular weight excluding hydrogens is 400 g/mol. The highest BCUT2D eigenvalue weighted by molar-refractivity contribution is 6.29. The summed E-state index contributed by atoms with van der Waals surface area (Å²) in [6.07, 6.45) is 6.66. The summed E-state index contributed by atoms with van der Waals surface area (Å²) in [5.74, 6) is -0.248. The van der Waals surface area contributed by atoms with Crippen LogP contribution in [0, 0.1) is 0 Å². The van der Waals surface area contributed by atoms with Crippen molar-refractivity contribution in [3.8, 4) is 11.3 Å². The topological polar surface area (TPSA) is 66.6 Å². The molecule has 152 valence electrons. The van der Waals surface area contributed by atoms with Gasteiger partial charge >= 0.3 is 0 Å². The van der Waals surface area contributed by atoms with Crippen LogP contribution in [0.15, 0.2) is 61.2 Å². The number of carbonyl (C=O) groups excluding carboxylic acids is 1. The van der Waals surface area contributed by atoms with E-state index >= 15 is 0 Å². The molecule has 30 heavy (non-hydrogen) atoms. The van der Waals surface area contributed by atoms with Gasteiger partial charge in [0.1, 0.15) is 10.8 Å². The second-order valence-electron chi connectivity index (χ2n) is 7.28. The zero-order valence-electron chi connectivity index (χ0n) is 17.0. The molecule has 3 aromatic heterocycles. The van der Waals surface area contributed by atoms with Crippen molar-refractivity contribution in [2.24, 2.45) is 0 Å². The fourth-order valence-corrected chi connectivity index (χ4v) is 3.33. The molecule has 0 unspecified atom stereocenters. The molecule has 0 radical (unpaired) electrons. The molecule has 1 amide bonds. The largest absolute Gasteiger partial charge is 0.309 e. The lowest BCUT2D eigenvalue weighted by Gasteiger charge is -2.16. The average molecular weight is 421 g/mol. The summed E-state index contributed by atoms with van der Waals surface area (Å²) in [4.78, 5) is 29.3. The van der Waals surface area contributed by atoms with Crippen LogP contribution in [0.1, 0.15) is 16.1 Å². The third-order valence-corrected chi connectivity index (χ3v) is 4.99. The summed E-state index contributed by atoms with van der Waals surface area (Å²) in [5, 5.41) is 0.374. The zero-order chi connectivity index (χ0) is 21.3. The van der Waals surface area contributed by atoms with Crippen LogP contribution in [0.4, 0.5) is 5.69 Å². The Labute approximate surface area is 179 Å². The first-order valence-electron chi connectivity index (χ1n) is 9.39. The highest BCUT2D eigenvalue weighted by Gasteiger charge is 2.17. The quantitative estimate of drug-likeness (QED) is 0.459. The lowest BCUT2D eigenvalue weighted by Crippen LogP contribution is -2.27. The number of halogens is 1. The number of carbonyl (C=O) groups is 1. The van der Waals surface area contributed by atoms with Gasteiger partial charge in [-0.1, -0.05) is 35.9 Å². The Balaban J connectivity index is 1.65. The number of rotatable bonds is 5. The fraction of sp³-hybridized carbons (Fsp3) is 0.182. The van der Waals surface area contributed by atoms with Crippen LogP contribution in [0.2, 0.25) is 5.15 Å². The molecular formula is C22H21ClN6O. The molecule has 0 spiro atoms. The summed E-state index contributed by atoms with van der Waals surface area (Å²) in [5.41, 5.74) is 4.76. The normalized spacial score (nSPS) is 11.2. The number of aromatic nitrogens is 4. The molecule has 4 rings (SSSR count). The van der Waals surface area contributed by atoms with E-state index in [-0.39, 0.29) is 5.91 Å². The smallest absolute Gasteiger partial charge is 0.278 e. The van der Waals surface area contributed by atoms with Crippen LogP contribution in [-0.2, 0) is 6.54 Å². The molecule has 0 aliphatic heterocycles. The Bertz CT molecular complexity index is 1180. The second kappa shape index (κ2) is 8.22. The molecule has 0 N–H and O–H groups in total. The van der Waals surface area contributed by atoms with Crippen molar-refractivity contribution in [3.05, 3.63) is 77.6 Å². The van der Waals surface area contributed by atoms with E-state index in [2.05, 4.69) is 44.1 Å². The zero-order valence-corrected chi connectivity index (χ0v) is 17.7. The van der Waals surface area contributed by atoms with Gasteiger partial charge in [-0.2, -0.15) is 0 Å². The number of anilines is 1. The van der Waals surface area contributed by atoms with E-state index in [1.165, 1.54) is 10.5 Å². The Hall–Kier alpha value is -3.29. The third-order valence-electron chi connectivity index (χ3n) is 4.77. The molecule has 7 nitrogen and oxygen atoms in total. The van der Waals surface area contributed by atoms with Gasteiger partial charge in [0.25, 0.3) is 5.91 Å². The van der Waals surface area contributed by atoms with Gasteiger partial charge in [0.15, 0.2) is 5.65 Å². The Morgan fingerprint density at radius 3 is 2.40 bits per heavy atom. The number of imidazole rings is 1. The van der Waals surface area contributed by atoms with E-state index in [1.54, 1.807) is 44.0 Å². The Morgan fingerprint density at radius 1 is 0.967 bits per heavy atom. The molecule has 0 atom stereocenters. The number of benzene rings is 1. The van der Waals surface area contributed by atoms with Crippen LogP contribution in [0.5, 0.6) is 0 Å². The second-order valence-corrected chi connectivity index (χ2v) is 7.67. The van der Waals surface area contributed by atoms with Crippen molar-refractivity contribution >= 4 is 28.8 Å².